The average Bonchev–Trinajstić information content (AvgIpc) is 3.02. The Bertz CT molecular complexity index is 445. The van der Waals surface area contributed by atoms with Crippen molar-refractivity contribution in [3.8, 4) is 0 Å². The molecule has 0 unspecified atom stereocenters. The molecule has 3 aromatic rings. The van der Waals surface area contributed by atoms with Crippen LogP contribution >= 0.6 is 0 Å². The van der Waals surface area contributed by atoms with Gasteiger partial charge in [0.15, 0.2) is 0 Å². The fourth-order valence-electron chi connectivity index (χ4n) is 1.93. The molecular formula is C9H10BN6-. The summed E-state index contributed by atoms with van der Waals surface area (Å²) in [6.45, 7) is 0. The number of hydrogen-bond acceptors (Lipinski definition) is 3. The van der Waals surface area contributed by atoms with Gasteiger partial charge in [-0.15, -0.1) is 0 Å². The van der Waals surface area contributed by atoms with Crippen molar-refractivity contribution in [3.63, 3.8) is 0 Å². The molecule has 7 heteroatoms. The zero-order chi connectivity index (χ0) is 10.8. The Morgan fingerprint density at radius 3 is 1.25 bits per heavy atom. The molecular weight excluding hydrogens is 203 g/mol. The molecule has 0 saturated carbocycles. The van der Waals surface area contributed by atoms with Crippen LogP contribution in [-0.4, -0.2) is 35.5 Å². The Balaban J connectivity index is 2.09. The first-order chi connectivity index (χ1) is 7.95. The van der Waals surface area contributed by atoms with Crippen molar-refractivity contribution in [2.75, 3.05) is 0 Å². The lowest BCUT2D eigenvalue weighted by Crippen LogP contribution is -2.39. The Labute approximate surface area is 92.4 Å². The van der Waals surface area contributed by atoms with Crippen LogP contribution < -0.4 is 0 Å². The summed E-state index contributed by atoms with van der Waals surface area (Å²) < 4.78 is 6.18. The van der Waals surface area contributed by atoms with Crippen LogP contribution in [0.5, 0.6) is 0 Å². The molecule has 0 aromatic carbocycles. The van der Waals surface area contributed by atoms with E-state index in [0.717, 1.165) is 0 Å². The molecule has 80 valence electrons. The highest BCUT2D eigenvalue weighted by Crippen LogP contribution is 1.99. The summed E-state index contributed by atoms with van der Waals surface area (Å²) in [6.07, 6.45) is 16.6. The number of aromatic nitrogens is 6. The van der Waals surface area contributed by atoms with Gasteiger partial charge in [-0.2, -0.15) is 0 Å². The normalized spacial score (nSPS) is 11.1. The van der Waals surface area contributed by atoms with Crippen molar-refractivity contribution < 1.29 is 0 Å². The van der Waals surface area contributed by atoms with Crippen LogP contribution in [0.15, 0.2) is 56.2 Å². The van der Waals surface area contributed by atoms with Crippen molar-refractivity contribution in [2.45, 2.75) is 0 Å². The van der Waals surface area contributed by atoms with E-state index in [1.165, 1.54) is 0 Å². The first kappa shape index (κ1) is 8.96. The maximum Gasteiger partial charge on any atom is 0.280 e. The highest BCUT2D eigenvalue weighted by molar-refractivity contribution is 6.53. The first-order valence-corrected chi connectivity index (χ1v) is 5.05. The highest BCUT2D eigenvalue weighted by atomic mass is 15.2. The van der Waals surface area contributed by atoms with E-state index in [4.69, 9.17) is 0 Å². The van der Waals surface area contributed by atoms with E-state index in [1.807, 2.05) is 18.6 Å². The van der Waals surface area contributed by atoms with Crippen molar-refractivity contribution >= 4 is 7.12 Å². The van der Waals surface area contributed by atoms with Crippen LogP contribution in [-0.2, 0) is 0 Å². The monoisotopic (exact) mass is 213 g/mol. The van der Waals surface area contributed by atoms with Gasteiger partial charge in [-0.05, 0) is 18.6 Å². The Hall–Kier alpha value is -2.31. The SMILES string of the molecule is c1cn([BH-](n2ccnc2)n2ccnc2)cn1. The van der Waals surface area contributed by atoms with E-state index < -0.39 is 7.12 Å². The van der Waals surface area contributed by atoms with Crippen molar-refractivity contribution in [1.82, 2.24) is 28.4 Å². The van der Waals surface area contributed by atoms with Gasteiger partial charge in [0.25, 0.3) is 7.12 Å². The summed E-state index contributed by atoms with van der Waals surface area (Å²) in [5.74, 6) is 0. The summed E-state index contributed by atoms with van der Waals surface area (Å²) in [5.41, 5.74) is 0. The summed E-state index contributed by atoms with van der Waals surface area (Å²) in [7, 11) is -0.979. The molecule has 0 aliphatic carbocycles. The Kier molecular flexibility index (Phi) is 2.07. The van der Waals surface area contributed by atoms with Crippen molar-refractivity contribution in [1.29, 1.82) is 0 Å². The molecule has 16 heavy (non-hydrogen) atoms. The summed E-state index contributed by atoms with van der Waals surface area (Å²) in [6, 6.07) is 0. The predicted molar refractivity (Wildman–Crippen MR) is 60.0 cm³/mol. The van der Waals surface area contributed by atoms with Crippen LogP contribution in [0.4, 0.5) is 0 Å². The van der Waals surface area contributed by atoms with Crippen LogP contribution in [0.3, 0.4) is 0 Å². The zero-order valence-electron chi connectivity index (χ0n) is 8.59. The third-order valence-electron chi connectivity index (χ3n) is 2.66. The second-order valence-corrected chi connectivity index (χ2v) is 3.65. The molecule has 3 rings (SSSR count). The molecule has 0 aliphatic rings. The van der Waals surface area contributed by atoms with Gasteiger partial charge in [0.1, 0.15) is 0 Å². The van der Waals surface area contributed by atoms with Gasteiger partial charge in [-0.25, -0.2) is 15.0 Å². The van der Waals surface area contributed by atoms with Gasteiger partial charge in [0.05, 0.1) is 19.0 Å². The summed E-state index contributed by atoms with van der Waals surface area (Å²) >= 11 is 0. The maximum atomic E-state index is 4.08. The van der Waals surface area contributed by atoms with Crippen molar-refractivity contribution in [3.05, 3.63) is 56.2 Å². The number of imidazole rings is 3. The number of nitrogens with zero attached hydrogens (tertiary/aromatic N) is 6. The Morgan fingerprint density at radius 1 is 0.625 bits per heavy atom. The molecule has 3 heterocycles. The summed E-state index contributed by atoms with van der Waals surface area (Å²) in [4.78, 5) is 12.2. The topological polar surface area (TPSA) is 53.5 Å². The molecule has 0 fully saturated rings. The molecule has 3 aromatic heterocycles. The molecule has 6 nitrogen and oxygen atoms in total. The van der Waals surface area contributed by atoms with Crippen LogP contribution in [0.25, 0.3) is 0 Å². The number of hydrogen-bond donors (Lipinski definition) is 0. The van der Waals surface area contributed by atoms with E-state index in [2.05, 4.69) is 28.4 Å². The lowest BCUT2D eigenvalue weighted by Gasteiger charge is -2.29. The average molecular weight is 213 g/mol. The molecule has 0 N–H and O–H groups in total. The maximum absolute atomic E-state index is 4.08. The van der Waals surface area contributed by atoms with Crippen LogP contribution in [0.1, 0.15) is 0 Å². The van der Waals surface area contributed by atoms with E-state index in [1.54, 1.807) is 37.6 Å². The van der Waals surface area contributed by atoms with Crippen LogP contribution in [0, 0.1) is 0 Å². The first-order valence-electron chi connectivity index (χ1n) is 5.05. The van der Waals surface area contributed by atoms with Gasteiger partial charge in [-0.1, -0.05) is 0 Å². The standard InChI is InChI=1S/C9H10BN6/c1-4-14(7-11-1)10(15-5-2-12-8-15)16-6-3-13-9-16/h1-10H/q-1. The molecule has 0 amide bonds. The highest BCUT2D eigenvalue weighted by Gasteiger charge is 2.07. The largest absolute Gasteiger partial charge is 0.477 e. The van der Waals surface area contributed by atoms with Gasteiger partial charge in [0, 0.05) is 18.6 Å². The summed E-state index contributed by atoms with van der Waals surface area (Å²) in [5, 5.41) is 0. The van der Waals surface area contributed by atoms with Gasteiger partial charge >= 0.3 is 0 Å². The van der Waals surface area contributed by atoms with E-state index in [-0.39, 0.29) is 0 Å². The molecule has 0 aliphatic heterocycles. The lowest BCUT2D eigenvalue weighted by molar-refractivity contribution is 0.945. The van der Waals surface area contributed by atoms with E-state index in [0.29, 0.717) is 0 Å². The minimum Gasteiger partial charge on any atom is -0.477 e. The molecule has 0 spiro atoms. The van der Waals surface area contributed by atoms with Gasteiger partial charge < -0.3 is 13.4 Å². The fraction of sp³-hybridized carbons (Fsp3) is 0. The van der Waals surface area contributed by atoms with Crippen LogP contribution in [0.2, 0.25) is 0 Å². The second kappa shape index (κ2) is 3.69. The second-order valence-electron chi connectivity index (χ2n) is 3.65. The Morgan fingerprint density at radius 2 is 1.00 bits per heavy atom. The third kappa shape index (κ3) is 1.42. The quantitative estimate of drug-likeness (QED) is 0.572. The number of rotatable bonds is 3. The fourth-order valence-corrected chi connectivity index (χ4v) is 1.93. The minimum absolute atomic E-state index is 0.979. The van der Waals surface area contributed by atoms with E-state index >= 15 is 0 Å². The minimum atomic E-state index is -0.979. The third-order valence-corrected chi connectivity index (χ3v) is 2.66. The smallest absolute Gasteiger partial charge is 0.280 e. The molecule has 0 saturated heterocycles. The molecule has 0 radical (unpaired) electrons. The zero-order valence-corrected chi connectivity index (χ0v) is 8.59. The van der Waals surface area contributed by atoms with Crippen molar-refractivity contribution in [2.24, 2.45) is 0 Å². The van der Waals surface area contributed by atoms with Gasteiger partial charge in [-0.3, -0.25) is 0 Å². The molecule has 0 atom stereocenters. The lowest BCUT2D eigenvalue weighted by atomic mass is 9.92. The van der Waals surface area contributed by atoms with Gasteiger partial charge in [0.2, 0.25) is 0 Å². The van der Waals surface area contributed by atoms with E-state index in [9.17, 15) is 0 Å². The molecule has 0 bridgehead atoms. The predicted octanol–water partition coefficient (Wildman–Crippen LogP) is -0.0620.